The third-order valence-corrected chi connectivity index (χ3v) is 5.72. The number of rotatable bonds is 10. The minimum Gasteiger partial charge on any atom is -0.490 e. The first-order valence-corrected chi connectivity index (χ1v) is 10.6. The zero-order valence-corrected chi connectivity index (χ0v) is 17.2. The summed E-state index contributed by atoms with van der Waals surface area (Å²) < 4.78 is 5.89. The zero-order valence-electron chi connectivity index (χ0n) is 16.4. The lowest BCUT2D eigenvalue weighted by atomic mass is 10.3. The molecule has 2 aromatic rings. The summed E-state index contributed by atoms with van der Waals surface area (Å²) in [6.07, 6.45) is 1.91. The van der Waals surface area contributed by atoms with Crippen molar-refractivity contribution in [1.29, 1.82) is 0 Å². The second-order valence-corrected chi connectivity index (χ2v) is 7.84. The Morgan fingerprint density at radius 2 is 1.86 bits per heavy atom. The summed E-state index contributed by atoms with van der Waals surface area (Å²) in [4.78, 5) is 27.3. The molecule has 1 aromatic heterocycles. The van der Waals surface area contributed by atoms with Crippen molar-refractivity contribution in [3.63, 3.8) is 0 Å². The first-order valence-electron chi connectivity index (χ1n) is 9.77. The van der Waals surface area contributed by atoms with Crippen LogP contribution < -0.4 is 15.4 Å². The summed E-state index contributed by atoms with van der Waals surface area (Å²) >= 11 is 1.28. The van der Waals surface area contributed by atoms with Crippen LogP contribution in [0.1, 0.15) is 36.4 Å². The number of nitrogens with one attached hydrogen (secondary N) is 2. The van der Waals surface area contributed by atoms with Gasteiger partial charge in [0.15, 0.2) is 0 Å². The van der Waals surface area contributed by atoms with Crippen LogP contribution in [0.15, 0.2) is 36.4 Å². The molecule has 150 valence electrons. The smallest absolute Gasteiger partial charge is 0.265 e. The Labute approximate surface area is 169 Å². The fourth-order valence-electron chi connectivity index (χ4n) is 2.80. The predicted octanol–water partition coefficient (Wildman–Crippen LogP) is 4.07. The van der Waals surface area contributed by atoms with Gasteiger partial charge in [-0.3, -0.25) is 9.59 Å². The number of hydrogen-bond acceptors (Lipinski definition) is 5. The van der Waals surface area contributed by atoms with Gasteiger partial charge in [0.1, 0.15) is 12.4 Å². The minimum atomic E-state index is -0.211. The molecule has 0 unspecified atom stereocenters. The van der Waals surface area contributed by atoms with E-state index < -0.39 is 0 Å². The van der Waals surface area contributed by atoms with Crippen molar-refractivity contribution >= 4 is 33.8 Å². The normalized spacial score (nSPS) is 13.4. The largest absolute Gasteiger partial charge is 0.490 e. The highest BCUT2D eigenvalue weighted by molar-refractivity contribution is 7.18. The molecule has 1 fully saturated rings. The summed E-state index contributed by atoms with van der Waals surface area (Å²) in [6.45, 7) is 7.61. The van der Waals surface area contributed by atoms with Crippen LogP contribution in [0.3, 0.4) is 0 Å². The maximum absolute atomic E-state index is 12.6. The SMILES string of the molecule is CCN(CC)CCOc1ccccc1NC(=O)c1ccc(NC(=O)C2CC2)s1. The van der Waals surface area contributed by atoms with Gasteiger partial charge >= 0.3 is 0 Å². The predicted molar refractivity (Wildman–Crippen MR) is 113 cm³/mol. The van der Waals surface area contributed by atoms with E-state index in [1.54, 1.807) is 12.1 Å². The molecule has 0 aliphatic heterocycles. The van der Waals surface area contributed by atoms with E-state index in [2.05, 4.69) is 29.4 Å². The molecule has 1 saturated carbocycles. The molecule has 7 heteroatoms. The van der Waals surface area contributed by atoms with Crippen LogP contribution in [-0.2, 0) is 4.79 Å². The second-order valence-electron chi connectivity index (χ2n) is 6.75. The van der Waals surface area contributed by atoms with E-state index in [-0.39, 0.29) is 17.7 Å². The average molecular weight is 402 g/mol. The molecule has 28 heavy (non-hydrogen) atoms. The van der Waals surface area contributed by atoms with E-state index in [0.717, 1.165) is 32.5 Å². The van der Waals surface area contributed by atoms with Gasteiger partial charge in [-0.25, -0.2) is 0 Å². The third-order valence-electron chi connectivity index (χ3n) is 4.72. The number of carbonyl (C=O) groups excluding carboxylic acids is 2. The molecular weight excluding hydrogens is 374 g/mol. The molecule has 0 bridgehead atoms. The number of nitrogens with zero attached hydrogens (tertiary/aromatic N) is 1. The lowest BCUT2D eigenvalue weighted by Gasteiger charge is -2.19. The summed E-state index contributed by atoms with van der Waals surface area (Å²) in [5.41, 5.74) is 0.643. The van der Waals surface area contributed by atoms with Crippen LogP contribution in [0, 0.1) is 5.92 Å². The van der Waals surface area contributed by atoms with Crippen LogP contribution in [-0.4, -0.2) is 43.0 Å². The van der Waals surface area contributed by atoms with Crippen molar-refractivity contribution in [2.75, 3.05) is 36.9 Å². The number of benzene rings is 1. The summed E-state index contributed by atoms with van der Waals surface area (Å²) in [6, 6.07) is 10.9. The van der Waals surface area contributed by atoms with E-state index in [1.165, 1.54) is 11.3 Å². The Morgan fingerprint density at radius 3 is 2.57 bits per heavy atom. The highest BCUT2D eigenvalue weighted by Gasteiger charge is 2.29. The molecule has 6 nitrogen and oxygen atoms in total. The van der Waals surface area contributed by atoms with E-state index in [1.807, 2.05) is 24.3 Å². The monoisotopic (exact) mass is 401 g/mol. The maximum Gasteiger partial charge on any atom is 0.265 e. The average Bonchev–Trinajstić information content (AvgIpc) is 3.46. The molecule has 2 amide bonds. The number of carbonyl (C=O) groups is 2. The van der Waals surface area contributed by atoms with Crippen LogP contribution >= 0.6 is 11.3 Å². The molecule has 1 aliphatic carbocycles. The molecule has 1 aliphatic rings. The highest BCUT2D eigenvalue weighted by atomic mass is 32.1. The third kappa shape index (κ3) is 5.56. The molecule has 0 spiro atoms. The van der Waals surface area contributed by atoms with Crippen molar-refractivity contribution in [1.82, 2.24) is 4.90 Å². The van der Waals surface area contributed by atoms with Crippen LogP contribution in [0.5, 0.6) is 5.75 Å². The van der Waals surface area contributed by atoms with Gasteiger partial charge < -0.3 is 20.3 Å². The lowest BCUT2D eigenvalue weighted by molar-refractivity contribution is -0.117. The first-order chi connectivity index (χ1) is 13.6. The Bertz CT molecular complexity index is 813. The Morgan fingerprint density at radius 1 is 1.11 bits per heavy atom. The Balaban J connectivity index is 1.58. The fourth-order valence-corrected chi connectivity index (χ4v) is 3.60. The fraction of sp³-hybridized carbons (Fsp3) is 0.429. The van der Waals surface area contributed by atoms with Crippen LogP contribution in [0.25, 0.3) is 0 Å². The minimum absolute atomic E-state index is 0.0424. The number of thiophene rings is 1. The van der Waals surface area contributed by atoms with Crippen molar-refractivity contribution < 1.29 is 14.3 Å². The Kier molecular flexibility index (Phi) is 7.06. The highest BCUT2D eigenvalue weighted by Crippen LogP contribution is 2.32. The second kappa shape index (κ2) is 9.71. The molecule has 2 N–H and O–H groups in total. The van der Waals surface area contributed by atoms with Gasteiger partial charge in [0, 0.05) is 12.5 Å². The molecule has 0 radical (unpaired) electrons. The van der Waals surface area contributed by atoms with Gasteiger partial charge in [0.2, 0.25) is 5.91 Å². The van der Waals surface area contributed by atoms with E-state index in [0.29, 0.717) is 27.9 Å². The van der Waals surface area contributed by atoms with Gasteiger partial charge in [-0.2, -0.15) is 0 Å². The molecule has 1 heterocycles. The molecule has 0 atom stereocenters. The van der Waals surface area contributed by atoms with Crippen molar-refractivity contribution in [2.24, 2.45) is 5.92 Å². The van der Waals surface area contributed by atoms with Crippen molar-refractivity contribution in [3.05, 3.63) is 41.3 Å². The Hall–Kier alpha value is -2.38. The first kappa shape index (κ1) is 20.4. The van der Waals surface area contributed by atoms with Crippen molar-refractivity contribution in [3.8, 4) is 5.75 Å². The van der Waals surface area contributed by atoms with E-state index >= 15 is 0 Å². The molecule has 3 rings (SSSR count). The number of likely N-dealkylation sites (N-methyl/N-ethyl adjacent to an activating group) is 1. The standard InChI is InChI=1S/C21H27N3O3S/c1-3-24(4-2)13-14-27-17-8-6-5-7-16(17)22-21(26)18-11-12-19(28-18)23-20(25)15-9-10-15/h5-8,11-12,15H,3-4,9-10,13-14H2,1-2H3,(H,22,26)(H,23,25). The van der Waals surface area contributed by atoms with Gasteiger partial charge in [-0.15, -0.1) is 11.3 Å². The van der Waals surface area contributed by atoms with Crippen LogP contribution in [0.2, 0.25) is 0 Å². The molecule has 0 saturated heterocycles. The zero-order chi connectivity index (χ0) is 19.9. The number of amides is 2. The molecular formula is C21H27N3O3S. The summed E-state index contributed by atoms with van der Waals surface area (Å²) in [5.74, 6) is 0.624. The number of anilines is 2. The van der Waals surface area contributed by atoms with E-state index in [4.69, 9.17) is 4.74 Å². The topological polar surface area (TPSA) is 70.7 Å². The summed E-state index contributed by atoms with van der Waals surface area (Å²) in [7, 11) is 0. The van der Waals surface area contributed by atoms with Gasteiger partial charge in [-0.1, -0.05) is 26.0 Å². The number of hydrogen-bond donors (Lipinski definition) is 2. The summed E-state index contributed by atoms with van der Waals surface area (Å²) in [5, 5.41) is 6.49. The van der Waals surface area contributed by atoms with Crippen molar-refractivity contribution in [2.45, 2.75) is 26.7 Å². The van der Waals surface area contributed by atoms with Gasteiger partial charge in [0.05, 0.1) is 15.6 Å². The quantitative estimate of drug-likeness (QED) is 0.630. The van der Waals surface area contributed by atoms with Crippen LogP contribution in [0.4, 0.5) is 10.7 Å². The lowest BCUT2D eigenvalue weighted by Crippen LogP contribution is -2.28. The van der Waals surface area contributed by atoms with E-state index in [9.17, 15) is 9.59 Å². The number of para-hydroxylation sites is 2. The van der Waals surface area contributed by atoms with Gasteiger partial charge in [0.25, 0.3) is 5.91 Å². The van der Waals surface area contributed by atoms with Gasteiger partial charge in [-0.05, 0) is 50.2 Å². The maximum atomic E-state index is 12.6. The number of ether oxygens (including phenoxy) is 1. The molecule has 1 aromatic carbocycles.